The van der Waals surface area contributed by atoms with E-state index in [4.69, 9.17) is 4.98 Å². The molecule has 6 nitrogen and oxygen atoms in total. The molecule has 0 spiro atoms. The van der Waals surface area contributed by atoms with Gasteiger partial charge in [-0.2, -0.15) is 0 Å². The Balaban J connectivity index is 1.81. The second-order valence-electron chi connectivity index (χ2n) is 6.09. The number of aromatic nitrogens is 3. The van der Waals surface area contributed by atoms with Crippen molar-refractivity contribution < 1.29 is 0 Å². The molecule has 3 heterocycles. The molecule has 1 aliphatic rings. The summed E-state index contributed by atoms with van der Waals surface area (Å²) in [5.41, 5.74) is 2.28. The van der Waals surface area contributed by atoms with Crippen LogP contribution in [0.3, 0.4) is 0 Å². The molecule has 0 bridgehead atoms. The molecule has 23 heavy (non-hydrogen) atoms. The summed E-state index contributed by atoms with van der Waals surface area (Å²) in [4.78, 5) is 18.0. The highest BCUT2D eigenvalue weighted by Gasteiger charge is 2.28. The normalized spacial score (nSPS) is 18.1. The average Bonchev–Trinajstić information content (AvgIpc) is 3.03. The minimum atomic E-state index is 0.326. The molecule has 2 aromatic rings. The zero-order valence-electron chi connectivity index (χ0n) is 14.0. The SMILES string of the molecule is CNc1ncccc1CN1CCCC1c1cncc(N(C)C)n1. The van der Waals surface area contributed by atoms with Crippen LogP contribution >= 0.6 is 0 Å². The highest BCUT2D eigenvalue weighted by molar-refractivity contribution is 5.43. The number of anilines is 2. The van der Waals surface area contributed by atoms with E-state index < -0.39 is 0 Å². The van der Waals surface area contributed by atoms with Gasteiger partial charge in [-0.25, -0.2) is 9.97 Å². The van der Waals surface area contributed by atoms with Crippen molar-refractivity contribution in [2.75, 3.05) is 37.9 Å². The lowest BCUT2D eigenvalue weighted by Crippen LogP contribution is -2.25. The number of rotatable bonds is 5. The Kier molecular flexibility index (Phi) is 4.71. The zero-order chi connectivity index (χ0) is 16.2. The number of nitrogens with one attached hydrogen (secondary N) is 1. The molecule has 0 amide bonds. The van der Waals surface area contributed by atoms with E-state index in [9.17, 15) is 0 Å². The highest BCUT2D eigenvalue weighted by atomic mass is 15.2. The van der Waals surface area contributed by atoms with Crippen LogP contribution in [-0.2, 0) is 6.54 Å². The molecule has 0 radical (unpaired) electrons. The van der Waals surface area contributed by atoms with Gasteiger partial charge in [-0.1, -0.05) is 6.07 Å². The van der Waals surface area contributed by atoms with E-state index in [2.05, 4.69) is 26.3 Å². The van der Waals surface area contributed by atoms with E-state index in [1.54, 1.807) is 0 Å². The van der Waals surface area contributed by atoms with Gasteiger partial charge in [0.2, 0.25) is 0 Å². The van der Waals surface area contributed by atoms with Gasteiger partial charge in [0.1, 0.15) is 11.6 Å². The van der Waals surface area contributed by atoms with E-state index in [-0.39, 0.29) is 0 Å². The standard InChI is InChI=1S/C17H24N6/c1-18-17-13(6-4-8-20-17)12-23-9-5-7-15(23)14-10-19-11-16(21-14)22(2)3/h4,6,8,10-11,15H,5,7,9,12H2,1-3H3,(H,18,20). The third-order valence-corrected chi connectivity index (χ3v) is 4.31. The monoisotopic (exact) mass is 312 g/mol. The molecule has 3 rings (SSSR count). The molecule has 1 aliphatic heterocycles. The maximum absolute atomic E-state index is 4.78. The van der Waals surface area contributed by atoms with Gasteiger partial charge in [0.15, 0.2) is 0 Å². The Bertz CT molecular complexity index is 657. The van der Waals surface area contributed by atoms with Crippen molar-refractivity contribution in [3.63, 3.8) is 0 Å². The van der Waals surface area contributed by atoms with Crippen LogP contribution in [0.2, 0.25) is 0 Å². The lowest BCUT2D eigenvalue weighted by atomic mass is 10.1. The van der Waals surface area contributed by atoms with Crippen LogP contribution in [0.4, 0.5) is 11.6 Å². The number of nitrogens with zero attached hydrogens (tertiary/aromatic N) is 5. The minimum absolute atomic E-state index is 0.326. The van der Waals surface area contributed by atoms with Crippen molar-refractivity contribution >= 4 is 11.6 Å². The first-order valence-corrected chi connectivity index (χ1v) is 8.04. The molecule has 1 saturated heterocycles. The fraction of sp³-hybridized carbons (Fsp3) is 0.471. The summed E-state index contributed by atoms with van der Waals surface area (Å²) in [5.74, 6) is 1.86. The first kappa shape index (κ1) is 15.7. The Labute approximate surface area is 137 Å². The van der Waals surface area contributed by atoms with Gasteiger partial charge < -0.3 is 10.2 Å². The Hall–Kier alpha value is -2.21. The number of hydrogen-bond acceptors (Lipinski definition) is 6. The van der Waals surface area contributed by atoms with Crippen molar-refractivity contribution in [1.82, 2.24) is 19.9 Å². The molecule has 0 saturated carbocycles. The second kappa shape index (κ2) is 6.91. The Morgan fingerprint density at radius 3 is 3.00 bits per heavy atom. The third-order valence-electron chi connectivity index (χ3n) is 4.31. The molecule has 1 unspecified atom stereocenters. The molecular formula is C17H24N6. The van der Waals surface area contributed by atoms with Crippen molar-refractivity contribution in [3.05, 3.63) is 42.0 Å². The largest absolute Gasteiger partial charge is 0.373 e. The summed E-state index contributed by atoms with van der Waals surface area (Å²) in [7, 11) is 5.91. The van der Waals surface area contributed by atoms with Gasteiger partial charge in [-0.15, -0.1) is 0 Å². The summed E-state index contributed by atoms with van der Waals surface area (Å²) < 4.78 is 0. The minimum Gasteiger partial charge on any atom is -0.373 e. The van der Waals surface area contributed by atoms with Crippen LogP contribution in [-0.4, -0.2) is 47.5 Å². The molecule has 122 valence electrons. The molecule has 1 fully saturated rings. The first-order valence-electron chi connectivity index (χ1n) is 8.04. The fourth-order valence-corrected chi connectivity index (χ4v) is 3.11. The van der Waals surface area contributed by atoms with Crippen molar-refractivity contribution in [2.45, 2.75) is 25.4 Å². The van der Waals surface area contributed by atoms with E-state index >= 15 is 0 Å². The van der Waals surface area contributed by atoms with Crippen molar-refractivity contribution in [2.24, 2.45) is 0 Å². The molecule has 6 heteroatoms. The summed E-state index contributed by atoms with van der Waals surface area (Å²) in [5, 5.41) is 3.18. The third kappa shape index (κ3) is 3.42. The topological polar surface area (TPSA) is 57.2 Å². The molecular weight excluding hydrogens is 288 g/mol. The predicted octanol–water partition coefficient (Wildman–Crippen LogP) is 2.32. The van der Waals surface area contributed by atoms with Crippen LogP contribution in [0, 0.1) is 0 Å². The quantitative estimate of drug-likeness (QED) is 0.914. The molecule has 1 atom stereocenters. The van der Waals surface area contributed by atoms with Crippen LogP contribution < -0.4 is 10.2 Å². The van der Waals surface area contributed by atoms with Gasteiger partial charge in [0, 0.05) is 39.4 Å². The summed E-state index contributed by atoms with van der Waals surface area (Å²) in [6.45, 7) is 1.96. The van der Waals surface area contributed by atoms with Gasteiger partial charge in [0.05, 0.1) is 24.1 Å². The van der Waals surface area contributed by atoms with Gasteiger partial charge in [0.25, 0.3) is 0 Å². The summed E-state index contributed by atoms with van der Waals surface area (Å²) in [6.07, 6.45) is 7.85. The van der Waals surface area contributed by atoms with Gasteiger partial charge in [-0.05, 0) is 25.5 Å². The Morgan fingerprint density at radius 1 is 1.35 bits per heavy atom. The van der Waals surface area contributed by atoms with Crippen molar-refractivity contribution in [3.8, 4) is 0 Å². The summed E-state index contributed by atoms with van der Waals surface area (Å²) >= 11 is 0. The van der Waals surface area contributed by atoms with Crippen LogP contribution in [0.1, 0.15) is 30.1 Å². The molecule has 0 aromatic carbocycles. The van der Waals surface area contributed by atoms with E-state index in [1.807, 2.05) is 50.7 Å². The fourth-order valence-electron chi connectivity index (χ4n) is 3.11. The molecule has 2 aromatic heterocycles. The smallest absolute Gasteiger partial charge is 0.146 e. The zero-order valence-corrected chi connectivity index (χ0v) is 14.0. The second-order valence-corrected chi connectivity index (χ2v) is 6.09. The first-order chi connectivity index (χ1) is 11.2. The maximum atomic E-state index is 4.78. The predicted molar refractivity (Wildman–Crippen MR) is 92.5 cm³/mol. The Morgan fingerprint density at radius 2 is 2.22 bits per heavy atom. The average molecular weight is 312 g/mol. The summed E-state index contributed by atoms with van der Waals surface area (Å²) in [6, 6.07) is 4.46. The van der Waals surface area contributed by atoms with Crippen LogP contribution in [0.5, 0.6) is 0 Å². The van der Waals surface area contributed by atoms with Crippen LogP contribution in [0.15, 0.2) is 30.7 Å². The number of pyridine rings is 1. The van der Waals surface area contributed by atoms with E-state index in [1.165, 1.54) is 12.0 Å². The molecule has 0 aliphatic carbocycles. The van der Waals surface area contributed by atoms with Gasteiger partial charge in [-0.3, -0.25) is 9.88 Å². The number of hydrogen-bond donors (Lipinski definition) is 1. The van der Waals surface area contributed by atoms with Crippen molar-refractivity contribution in [1.29, 1.82) is 0 Å². The lowest BCUT2D eigenvalue weighted by molar-refractivity contribution is 0.244. The van der Waals surface area contributed by atoms with Gasteiger partial charge >= 0.3 is 0 Å². The number of likely N-dealkylation sites (tertiary alicyclic amines) is 1. The van der Waals surface area contributed by atoms with Crippen LogP contribution in [0.25, 0.3) is 0 Å². The lowest BCUT2D eigenvalue weighted by Gasteiger charge is -2.25. The molecule has 1 N–H and O–H groups in total. The van der Waals surface area contributed by atoms with E-state index in [0.29, 0.717) is 6.04 Å². The highest BCUT2D eigenvalue weighted by Crippen LogP contribution is 2.33. The maximum Gasteiger partial charge on any atom is 0.146 e. The van der Waals surface area contributed by atoms with E-state index in [0.717, 1.165) is 36.8 Å².